The molecular formula is C15H17FN2O3S2. The zero-order valence-corrected chi connectivity index (χ0v) is 14.4. The van der Waals surface area contributed by atoms with Crippen molar-refractivity contribution in [2.75, 3.05) is 18.4 Å². The van der Waals surface area contributed by atoms with Gasteiger partial charge in [0.15, 0.2) is 0 Å². The van der Waals surface area contributed by atoms with Crippen molar-refractivity contribution in [1.29, 1.82) is 0 Å². The van der Waals surface area contributed by atoms with Crippen LogP contribution in [0.15, 0.2) is 40.6 Å². The topological polar surface area (TPSA) is 66.5 Å². The second kappa shape index (κ2) is 7.20. The molecule has 0 unspecified atom stereocenters. The van der Waals surface area contributed by atoms with Crippen LogP contribution < -0.4 is 5.32 Å². The summed E-state index contributed by atoms with van der Waals surface area (Å²) in [5.41, 5.74) is 0.0547. The molecule has 1 aromatic heterocycles. The number of amides is 1. The van der Waals surface area contributed by atoms with Crippen LogP contribution in [0, 0.1) is 5.82 Å². The number of hydrogen-bond donors (Lipinski definition) is 1. The molecule has 2 aromatic rings. The molecule has 8 heteroatoms. The molecule has 0 radical (unpaired) electrons. The van der Waals surface area contributed by atoms with Crippen LogP contribution in [0.2, 0.25) is 0 Å². The standard InChI is InChI=1S/C15H17FN2O3S2/c1-3-18(4-2)23(20,21)11-9-14(22-10-11)15(19)17-13-8-6-5-7-12(13)16/h5-10H,3-4H2,1-2H3,(H,17,19). The second-order valence-electron chi connectivity index (χ2n) is 4.67. The highest BCUT2D eigenvalue weighted by molar-refractivity contribution is 7.89. The van der Waals surface area contributed by atoms with E-state index in [9.17, 15) is 17.6 Å². The van der Waals surface area contributed by atoms with E-state index in [4.69, 9.17) is 0 Å². The third-order valence-electron chi connectivity index (χ3n) is 3.26. The summed E-state index contributed by atoms with van der Waals surface area (Å²) >= 11 is 1.01. The Morgan fingerprint density at radius 1 is 1.26 bits per heavy atom. The van der Waals surface area contributed by atoms with E-state index in [0.717, 1.165) is 11.3 Å². The summed E-state index contributed by atoms with van der Waals surface area (Å²) in [6, 6.07) is 7.11. The van der Waals surface area contributed by atoms with Gasteiger partial charge in [0.2, 0.25) is 10.0 Å². The third kappa shape index (κ3) is 3.77. The highest BCUT2D eigenvalue weighted by Gasteiger charge is 2.24. The fourth-order valence-electron chi connectivity index (χ4n) is 2.03. The van der Waals surface area contributed by atoms with Gasteiger partial charge in [0.25, 0.3) is 5.91 Å². The van der Waals surface area contributed by atoms with Crippen molar-refractivity contribution in [3.05, 3.63) is 46.4 Å². The van der Waals surface area contributed by atoms with Crippen LogP contribution in [-0.2, 0) is 10.0 Å². The number of carbonyl (C=O) groups is 1. The molecule has 0 saturated carbocycles. The van der Waals surface area contributed by atoms with E-state index in [2.05, 4.69) is 5.32 Å². The summed E-state index contributed by atoms with van der Waals surface area (Å²) in [6.45, 7) is 4.20. The number of sulfonamides is 1. The van der Waals surface area contributed by atoms with E-state index in [1.807, 2.05) is 0 Å². The van der Waals surface area contributed by atoms with Crippen LogP contribution in [0.4, 0.5) is 10.1 Å². The van der Waals surface area contributed by atoms with Crippen molar-refractivity contribution in [1.82, 2.24) is 4.31 Å². The summed E-state index contributed by atoms with van der Waals surface area (Å²) in [5, 5.41) is 3.86. The number of hydrogen-bond acceptors (Lipinski definition) is 4. The number of halogens is 1. The molecule has 1 amide bonds. The number of anilines is 1. The number of benzene rings is 1. The average molecular weight is 356 g/mol. The molecule has 1 aromatic carbocycles. The Bertz CT molecular complexity index is 799. The van der Waals surface area contributed by atoms with Gasteiger partial charge in [0.1, 0.15) is 5.82 Å². The number of carbonyl (C=O) groups excluding carboxylic acids is 1. The van der Waals surface area contributed by atoms with E-state index in [0.29, 0.717) is 13.1 Å². The fourth-order valence-corrected chi connectivity index (χ4v) is 4.65. The predicted octanol–water partition coefficient (Wildman–Crippen LogP) is 3.17. The van der Waals surface area contributed by atoms with Crippen LogP contribution in [0.25, 0.3) is 0 Å². The molecule has 124 valence electrons. The molecule has 23 heavy (non-hydrogen) atoms. The van der Waals surface area contributed by atoms with Crippen molar-refractivity contribution in [3.8, 4) is 0 Å². The van der Waals surface area contributed by atoms with Crippen LogP contribution >= 0.6 is 11.3 Å². The van der Waals surface area contributed by atoms with E-state index >= 15 is 0 Å². The van der Waals surface area contributed by atoms with Gasteiger partial charge >= 0.3 is 0 Å². The zero-order valence-electron chi connectivity index (χ0n) is 12.7. The number of thiophene rings is 1. The zero-order chi connectivity index (χ0) is 17.0. The Balaban J connectivity index is 2.22. The number of rotatable bonds is 6. The lowest BCUT2D eigenvalue weighted by molar-refractivity contribution is 0.103. The van der Waals surface area contributed by atoms with Gasteiger partial charge in [-0.3, -0.25) is 4.79 Å². The van der Waals surface area contributed by atoms with Crippen LogP contribution in [0.5, 0.6) is 0 Å². The molecule has 1 N–H and O–H groups in total. The van der Waals surface area contributed by atoms with E-state index in [-0.39, 0.29) is 15.5 Å². The molecule has 5 nitrogen and oxygen atoms in total. The molecule has 2 rings (SSSR count). The van der Waals surface area contributed by atoms with Gasteiger partial charge < -0.3 is 5.32 Å². The molecule has 0 aliphatic heterocycles. The third-order valence-corrected chi connectivity index (χ3v) is 6.37. The Labute approximate surface area is 138 Å². The minimum absolute atomic E-state index is 0.0547. The monoisotopic (exact) mass is 356 g/mol. The minimum atomic E-state index is -3.61. The number of para-hydroxylation sites is 1. The van der Waals surface area contributed by atoms with Crippen molar-refractivity contribution in [2.24, 2.45) is 0 Å². The van der Waals surface area contributed by atoms with E-state index in [1.165, 1.54) is 34.0 Å². The normalized spacial score (nSPS) is 11.7. The van der Waals surface area contributed by atoms with Gasteiger partial charge in [-0.15, -0.1) is 11.3 Å². The summed E-state index contributed by atoms with van der Waals surface area (Å²) in [7, 11) is -3.61. The maximum atomic E-state index is 13.5. The molecule has 0 bridgehead atoms. The van der Waals surface area contributed by atoms with Crippen molar-refractivity contribution < 1.29 is 17.6 Å². The maximum absolute atomic E-state index is 13.5. The summed E-state index contributed by atoms with van der Waals surface area (Å²) in [4.78, 5) is 12.4. The summed E-state index contributed by atoms with van der Waals surface area (Å²) in [5.74, 6) is -1.09. The number of nitrogens with one attached hydrogen (secondary N) is 1. The molecular weight excluding hydrogens is 339 g/mol. The Morgan fingerprint density at radius 3 is 2.52 bits per heavy atom. The second-order valence-corrected chi connectivity index (χ2v) is 7.52. The molecule has 0 aliphatic rings. The quantitative estimate of drug-likeness (QED) is 0.864. The van der Waals surface area contributed by atoms with Gasteiger partial charge in [-0.1, -0.05) is 26.0 Å². The number of nitrogens with zero attached hydrogens (tertiary/aromatic N) is 1. The predicted molar refractivity (Wildman–Crippen MR) is 88.8 cm³/mol. The molecule has 1 heterocycles. The molecule has 0 saturated heterocycles. The Kier molecular flexibility index (Phi) is 5.51. The van der Waals surface area contributed by atoms with Gasteiger partial charge in [-0.2, -0.15) is 4.31 Å². The lowest BCUT2D eigenvalue weighted by Crippen LogP contribution is -2.30. The largest absolute Gasteiger partial charge is 0.319 e. The van der Waals surface area contributed by atoms with E-state index in [1.54, 1.807) is 19.9 Å². The van der Waals surface area contributed by atoms with Crippen LogP contribution in [-0.4, -0.2) is 31.7 Å². The maximum Gasteiger partial charge on any atom is 0.265 e. The molecule has 0 fully saturated rings. The Morgan fingerprint density at radius 2 is 1.91 bits per heavy atom. The summed E-state index contributed by atoms with van der Waals surface area (Å²) in [6.07, 6.45) is 0. The van der Waals surface area contributed by atoms with Crippen LogP contribution in [0.3, 0.4) is 0 Å². The van der Waals surface area contributed by atoms with Gasteiger partial charge in [0, 0.05) is 18.5 Å². The minimum Gasteiger partial charge on any atom is -0.319 e. The van der Waals surface area contributed by atoms with Crippen molar-refractivity contribution in [2.45, 2.75) is 18.7 Å². The smallest absolute Gasteiger partial charge is 0.265 e. The van der Waals surface area contributed by atoms with Crippen LogP contribution in [0.1, 0.15) is 23.5 Å². The fraction of sp³-hybridized carbons (Fsp3) is 0.267. The first-order valence-electron chi connectivity index (χ1n) is 7.04. The molecule has 0 spiro atoms. The highest BCUT2D eigenvalue weighted by atomic mass is 32.2. The first-order chi connectivity index (χ1) is 10.9. The van der Waals surface area contributed by atoms with Gasteiger partial charge in [-0.25, -0.2) is 12.8 Å². The van der Waals surface area contributed by atoms with Gasteiger partial charge in [0.05, 0.1) is 15.5 Å². The molecule has 0 aliphatic carbocycles. The SMILES string of the molecule is CCN(CC)S(=O)(=O)c1csc(C(=O)Nc2ccccc2F)c1. The van der Waals surface area contributed by atoms with Gasteiger partial charge in [-0.05, 0) is 18.2 Å². The van der Waals surface area contributed by atoms with E-state index < -0.39 is 21.7 Å². The highest BCUT2D eigenvalue weighted by Crippen LogP contribution is 2.24. The average Bonchev–Trinajstić information content (AvgIpc) is 3.01. The van der Waals surface area contributed by atoms with Crippen molar-refractivity contribution >= 4 is 33.0 Å². The lowest BCUT2D eigenvalue weighted by Gasteiger charge is -2.17. The van der Waals surface area contributed by atoms with Crippen molar-refractivity contribution in [3.63, 3.8) is 0 Å². The first kappa shape index (κ1) is 17.6. The molecule has 0 atom stereocenters. The Hall–Kier alpha value is -1.77. The first-order valence-corrected chi connectivity index (χ1v) is 9.36. The summed E-state index contributed by atoms with van der Waals surface area (Å²) < 4.78 is 39.6. The lowest BCUT2D eigenvalue weighted by atomic mass is 10.3.